The lowest BCUT2D eigenvalue weighted by Crippen LogP contribution is -2.36. The van der Waals surface area contributed by atoms with Gasteiger partial charge in [0.2, 0.25) is 5.91 Å². The number of hydrogen-bond acceptors (Lipinski definition) is 8. The first-order chi connectivity index (χ1) is 19.9. The maximum atomic E-state index is 12.9. The molecule has 1 heterocycles. The zero-order valence-corrected chi connectivity index (χ0v) is 22.7. The fourth-order valence-corrected chi connectivity index (χ4v) is 4.62. The number of nitrogens with one attached hydrogen (secondary N) is 1. The first-order valence-electron chi connectivity index (χ1n) is 12.3. The quantitative estimate of drug-likeness (QED) is 0.164. The summed E-state index contributed by atoms with van der Waals surface area (Å²) in [5, 5.41) is 12.4. The van der Waals surface area contributed by atoms with Gasteiger partial charge in [0.15, 0.2) is 11.5 Å². The molecule has 3 amide bonds. The van der Waals surface area contributed by atoms with Crippen molar-refractivity contribution in [1.29, 1.82) is 0 Å². The molecule has 0 atom stereocenters. The highest BCUT2D eigenvalue weighted by Crippen LogP contribution is 2.35. The standard InChI is InChI=1S/C28H22F3N3O7S/c1-2-40-23-12-18(8-11-22(23)41-16-17-6-9-21(10-7-17)34(38)39)13-24-26(36)33(27(37)42-24)15-25(35)32-20-5-3-4-19(14-20)28(29,30)31/h3-14H,2,15-16H2,1H3,(H,32,35)/b24-13-. The van der Waals surface area contributed by atoms with Gasteiger partial charge in [0.05, 0.1) is 22.0 Å². The van der Waals surface area contributed by atoms with Gasteiger partial charge in [0.1, 0.15) is 13.2 Å². The summed E-state index contributed by atoms with van der Waals surface area (Å²) < 4.78 is 50.3. The Labute approximate surface area is 241 Å². The molecule has 42 heavy (non-hydrogen) atoms. The third-order valence-electron chi connectivity index (χ3n) is 5.76. The highest BCUT2D eigenvalue weighted by molar-refractivity contribution is 8.18. The summed E-state index contributed by atoms with van der Waals surface area (Å²) >= 11 is 0.615. The van der Waals surface area contributed by atoms with Crippen molar-refractivity contribution in [3.8, 4) is 11.5 Å². The molecule has 1 aliphatic heterocycles. The number of imide groups is 1. The van der Waals surface area contributed by atoms with Gasteiger partial charge in [-0.2, -0.15) is 13.2 Å². The zero-order chi connectivity index (χ0) is 30.4. The maximum Gasteiger partial charge on any atom is 0.416 e. The minimum absolute atomic E-state index is 0.0360. The first-order valence-corrected chi connectivity index (χ1v) is 13.1. The molecule has 1 N–H and O–H groups in total. The predicted octanol–water partition coefficient (Wildman–Crippen LogP) is 6.27. The van der Waals surface area contributed by atoms with E-state index >= 15 is 0 Å². The van der Waals surface area contributed by atoms with Crippen molar-refractivity contribution in [2.75, 3.05) is 18.5 Å². The SMILES string of the molecule is CCOc1cc(/C=C2\SC(=O)N(CC(=O)Nc3cccc(C(F)(F)F)c3)C2=O)ccc1OCc1ccc([N+](=O)[O-])cc1. The van der Waals surface area contributed by atoms with Gasteiger partial charge in [0, 0.05) is 17.8 Å². The molecule has 0 aliphatic carbocycles. The Balaban J connectivity index is 1.43. The number of alkyl halides is 3. The van der Waals surface area contributed by atoms with Crippen molar-refractivity contribution in [2.24, 2.45) is 0 Å². The van der Waals surface area contributed by atoms with E-state index in [1.807, 2.05) is 0 Å². The second kappa shape index (κ2) is 12.8. The van der Waals surface area contributed by atoms with Gasteiger partial charge < -0.3 is 14.8 Å². The van der Waals surface area contributed by atoms with E-state index in [-0.39, 0.29) is 22.9 Å². The summed E-state index contributed by atoms with van der Waals surface area (Å²) in [6.45, 7) is 1.49. The Kier molecular flexibility index (Phi) is 9.15. The Morgan fingerprint density at radius 1 is 1.05 bits per heavy atom. The van der Waals surface area contributed by atoms with Crippen LogP contribution in [0.15, 0.2) is 71.6 Å². The van der Waals surface area contributed by atoms with Gasteiger partial charge in [-0.1, -0.05) is 12.1 Å². The van der Waals surface area contributed by atoms with Crippen LogP contribution in [-0.4, -0.2) is 40.0 Å². The molecule has 0 unspecified atom stereocenters. The highest BCUT2D eigenvalue weighted by atomic mass is 32.2. The van der Waals surface area contributed by atoms with Crippen LogP contribution in [0.3, 0.4) is 0 Å². The van der Waals surface area contributed by atoms with Crippen LogP contribution in [-0.2, 0) is 22.4 Å². The summed E-state index contributed by atoms with van der Waals surface area (Å²) in [7, 11) is 0. The number of rotatable bonds is 10. The lowest BCUT2D eigenvalue weighted by molar-refractivity contribution is -0.384. The van der Waals surface area contributed by atoms with Gasteiger partial charge in [-0.15, -0.1) is 0 Å². The molecule has 1 fully saturated rings. The van der Waals surface area contributed by atoms with Gasteiger partial charge in [0.25, 0.3) is 16.8 Å². The Morgan fingerprint density at radius 3 is 2.45 bits per heavy atom. The number of benzene rings is 3. The molecule has 3 aromatic rings. The van der Waals surface area contributed by atoms with Gasteiger partial charge in [-0.25, -0.2) is 0 Å². The Morgan fingerprint density at radius 2 is 1.79 bits per heavy atom. The van der Waals surface area contributed by atoms with E-state index in [0.29, 0.717) is 45.9 Å². The highest BCUT2D eigenvalue weighted by Gasteiger charge is 2.36. The topological polar surface area (TPSA) is 128 Å². The van der Waals surface area contributed by atoms with E-state index in [0.717, 1.165) is 18.2 Å². The van der Waals surface area contributed by atoms with Crippen LogP contribution in [0.1, 0.15) is 23.6 Å². The Bertz CT molecular complexity index is 1560. The van der Waals surface area contributed by atoms with Gasteiger partial charge in [-0.3, -0.25) is 29.4 Å². The summed E-state index contributed by atoms with van der Waals surface area (Å²) in [5.74, 6) is -0.841. The fraction of sp³-hybridized carbons (Fsp3) is 0.179. The molecule has 0 bridgehead atoms. The fourth-order valence-electron chi connectivity index (χ4n) is 3.78. The van der Waals surface area contributed by atoms with Crippen LogP contribution in [0, 0.1) is 10.1 Å². The molecule has 4 rings (SSSR count). The summed E-state index contributed by atoms with van der Waals surface area (Å²) in [5.41, 5.74) is 0.0667. The lowest BCUT2D eigenvalue weighted by atomic mass is 10.1. The van der Waals surface area contributed by atoms with Crippen LogP contribution < -0.4 is 14.8 Å². The van der Waals surface area contributed by atoms with Crippen molar-refractivity contribution in [3.05, 3.63) is 98.4 Å². The molecule has 14 heteroatoms. The molecule has 0 radical (unpaired) electrons. The summed E-state index contributed by atoms with van der Waals surface area (Å²) in [6, 6.07) is 14.7. The smallest absolute Gasteiger partial charge is 0.416 e. The molecule has 1 aliphatic rings. The number of thioether (sulfide) groups is 1. The minimum atomic E-state index is -4.60. The first kappa shape index (κ1) is 30.1. The number of non-ortho nitro benzene ring substituents is 1. The molecule has 1 saturated heterocycles. The molecular weight excluding hydrogens is 579 g/mol. The van der Waals surface area contributed by atoms with Crippen molar-refractivity contribution < 1.29 is 42.0 Å². The monoisotopic (exact) mass is 601 g/mol. The average Bonchev–Trinajstić information content (AvgIpc) is 3.19. The van der Waals surface area contributed by atoms with Crippen molar-refractivity contribution in [1.82, 2.24) is 4.90 Å². The molecule has 0 saturated carbocycles. The number of hydrogen-bond donors (Lipinski definition) is 1. The molecule has 218 valence electrons. The zero-order valence-electron chi connectivity index (χ0n) is 21.8. The van der Waals surface area contributed by atoms with E-state index in [4.69, 9.17) is 9.47 Å². The van der Waals surface area contributed by atoms with Crippen molar-refractivity contribution >= 4 is 46.3 Å². The molecular formula is C28H22F3N3O7S. The normalized spacial score (nSPS) is 14.3. The van der Waals surface area contributed by atoms with Crippen molar-refractivity contribution in [2.45, 2.75) is 19.7 Å². The second-order valence-electron chi connectivity index (χ2n) is 8.75. The summed E-state index contributed by atoms with van der Waals surface area (Å²) in [4.78, 5) is 48.9. The molecule has 0 aromatic heterocycles. The average molecular weight is 602 g/mol. The van der Waals surface area contributed by atoms with E-state index < -0.39 is 40.3 Å². The van der Waals surface area contributed by atoms with E-state index in [9.17, 15) is 37.7 Å². The number of amides is 3. The largest absolute Gasteiger partial charge is 0.490 e. The van der Waals surface area contributed by atoms with Crippen LogP contribution in [0.25, 0.3) is 6.08 Å². The predicted molar refractivity (Wildman–Crippen MR) is 148 cm³/mol. The molecule has 3 aromatic carbocycles. The lowest BCUT2D eigenvalue weighted by Gasteiger charge is -2.14. The summed E-state index contributed by atoms with van der Waals surface area (Å²) in [6.07, 6.45) is -3.16. The second-order valence-corrected chi connectivity index (χ2v) is 9.74. The Hall–Kier alpha value is -4.85. The van der Waals surface area contributed by atoms with E-state index in [1.165, 1.54) is 24.3 Å². The van der Waals surface area contributed by atoms with Gasteiger partial charge in [-0.05, 0) is 78.4 Å². The van der Waals surface area contributed by atoms with Gasteiger partial charge >= 0.3 is 6.18 Å². The number of anilines is 1. The van der Waals surface area contributed by atoms with E-state index in [2.05, 4.69) is 5.32 Å². The van der Waals surface area contributed by atoms with Crippen LogP contribution in [0.4, 0.5) is 29.3 Å². The van der Waals surface area contributed by atoms with Crippen LogP contribution in [0.5, 0.6) is 11.5 Å². The number of carbonyl (C=O) groups excluding carboxylic acids is 3. The van der Waals surface area contributed by atoms with Crippen LogP contribution in [0.2, 0.25) is 0 Å². The molecule has 0 spiro atoms. The van der Waals surface area contributed by atoms with E-state index in [1.54, 1.807) is 37.3 Å². The maximum absolute atomic E-state index is 12.9. The van der Waals surface area contributed by atoms with Crippen LogP contribution >= 0.6 is 11.8 Å². The molecule has 10 nitrogen and oxygen atoms in total. The third kappa shape index (κ3) is 7.46. The number of nitro benzene ring substituents is 1. The third-order valence-corrected chi connectivity index (χ3v) is 6.66. The van der Waals surface area contributed by atoms with Crippen molar-refractivity contribution in [3.63, 3.8) is 0 Å². The number of ether oxygens (including phenoxy) is 2. The number of carbonyl (C=O) groups is 3. The number of nitrogens with zero attached hydrogens (tertiary/aromatic N) is 2. The number of nitro groups is 1. The number of halogens is 3. The minimum Gasteiger partial charge on any atom is -0.490 e.